The van der Waals surface area contributed by atoms with Crippen molar-refractivity contribution in [2.45, 2.75) is 39.0 Å². The van der Waals surface area contributed by atoms with E-state index >= 15 is 0 Å². The quantitative estimate of drug-likeness (QED) is 0.667. The Bertz CT molecular complexity index is 563. The minimum atomic E-state index is -0.298. The monoisotopic (exact) mass is 301 g/mol. The average molecular weight is 301 g/mol. The molecule has 1 aromatic rings. The van der Waals surface area contributed by atoms with Crippen LogP contribution in [0.15, 0.2) is 36.4 Å². The smallest absolute Gasteiger partial charge is 0.309 e. The fourth-order valence-electron chi connectivity index (χ4n) is 2.56. The van der Waals surface area contributed by atoms with E-state index in [9.17, 15) is 9.59 Å². The van der Waals surface area contributed by atoms with Crippen molar-refractivity contribution in [1.29, 1.82) is 0 Å². The van der Waals surface area contributed by atoms with E-state index < -0.39 is 0 Å². The van der Waals surface area contributed by atoms with Crippen molar-refractivity contribution in [1.82, 2.24) is 0 Å². The van der Waals surface area contributed by atoms with Gasteiger partial charge in [0.05, 0.1) is 5.92 Å². The van der Waals surface area contributed by atoms with Crippen molar-refractivity contribution in [3.05, 3.63) is 42.0 Å². The lowest BCUT2D eigenvalue weighted by Gasteiger charge is -2.17. The van der Waals surface area contributed by atoms with Crippen LogP contribution in [-0.4, -0.2) is 18.5 Å². The second-order valence-electron chi connectivity index (χ2n) is 5.88. The van der Waals surface area contributed by atoms with Crippen LogP contribution < -0.4 is 5.32 Å². The minimum absolute atomic E-state index is 0.110. The topological polar surface area (TPSA) is 55.4 Å². The van der Waals surface area contributed by atoms with Crippen LogP contribution >= 0.6 is 0 Å². The second-order valence-corrected chi connectivity index (χ2v) is 5.88. The van der Waals surface area contributed by atoms with Gasteiger partial charge in [-0.1, -0.05) is 44.2 Å². The molecule has 0 radical (unpaired) electrons. The Labute approximate surface area is 131 Å². The Morgan fingerprint density at radius 3 is 2.73 bits per heavy atom. The number of allylic oxidation sites excluding steroid dienone is 2. The zero-order chi connectivity index (χ0) is 15.9. The number of anilines is 1. The fraction of sp³-hybridized carbons (Fsp3) is 0.444. The second kappa shape index (κ2) is 7.78. The number of para-hydroxylation sites is 1. The summed E-state index contributed by atoms with van der Waals surface area (Å²) in [6.07, 6.45) is 6.46. The van der Waals surface area contributed by atoms with Crippen molar-refractivity contribution in [3.8, 4) is 0 Å². The van der Waals surface area contributed by atoms with Crippen LogP contribution in [-0.2, 0) is 14.3 Å². The molecule has 0 heterocycles. The van der Waals surface area contributed by atoms with E-state index in [0.717, 1.165) is 24.1 Å². The molecule has 2 rings (SSSR count). The van der Waals surface area contributed by atoms with Gasteiger partial charge in [0, 0.05) is 5.69 Å². The van der Waals surface area contributed by atoms with E-state index in [0.29, 0.717) is 12.3 Å². The maximum Gasteiger partial charge on any atom is 0.309 e. The van der Waals surface area contributed by atoms with Crippen LogP contribution in [0.1, 0.15) is 44.6 Å². The van der Waals surface area contributed by atoms with Crippen LogP contribution in [0, 0.1) is 5.92 Å². The lowest BCUT2D eigenvalue weighted by atomic mass is 9.95. The number of ether oxygens (including phenoxy) is 1. The van der Waals surface area contributed by atoms with Crippen molar-refractivity contribution in [2.24, 2.45) is 5.92 Å². The van der Waals surface area contributed by atoms with Gasteiger partial charge in [-0.2, -0.15) is 0 Å². The maximum atomic E-state index is 12.0. The molecule has 0 bridgehead atoms. The maximum absolute atomic E-state index is 12.0. The highest BCUT2D eigenvalue weighted by atomic mass is 16.5. The van der Waals surface area contributed by atoms with E-state index in [4.69, 9.17) is 4.74 Å². The standard InChI is InChI=1S/C18H23NO3/c1-13(2)15-10-6-7-11-16(15)19-17(20)12-22-18(21)14-8-4-3-5-9-14/h3-4,6-7,10-11,13-14H,5,8-9,12H2,1-2H3,(H,19,20)/t14-/m1/s1. The molecule has 0 spiro atoms. The molecular weight excluding hydrogens is 278 g/mol. The molecule has 1 aliphatic rings. The highest BCUT2D eigenvalue weighted by Crippen LogP contribution is 2.23. The molecule has 1 aliphatic carbocycles. The Hall–Kier alpha value is -2.10. The van der Waals surface area contributed by atoms with Gasteiger partial charge < -0.3 is 10.1 Å². The molecular formula is C18H23NO3. The molecule has 4 heteroatoms. The Balaban J connectivity index is 1.85. The number of nitrogens with one attached hydrogen (secondary N) is 1. The molecule has 0 aromatic heterocycles. The number of carbonyl (C=O) groups excluding carboxylic acids is 2. The third-order valence-electron chi connectivity index (χ3n) is 3.80. The van der Waals surface area contributed by atoms with Gasteiger partial charge >= 0.3 is 5.97 Å². The number of carbonyl (C=O) groups is 2. The van der Waals surface area contributed by atoms with Crippen LogP contribution in [0.3, 0.4) is 0 Å². The van der Waals surface area contributed by atoms with Gasteiger partial charge in [0.25, 0.3) is 5.91 Å². The summed E-state index contributed by atoms with van der Waals surface area (Å²) in [6.45, 7) is 3.91. The van der Waals surface area contributed by atoms with E-state index in [1.54, 1.807) is 0 Å². The Morgan fingerprint density at radius 1 is 1.27 bits per heavy atom. The number of benzene rings is 1. The van der Waals surface area contributed by atoms with Gasteiger partial charge in [-0.15, -0.1) is 0 Å². The summed E-state index contributed by atoms with van der Waals surface area (Å²) in [5.74, 6) is -0.377. The Kier molecular flexibility index (Phi) is 5.75. The molecule has 0 fully saturated rings. The van der Waals surface area contributed by atoms with Gasteiger partial charge in [-0.25, -0.2) is 0 Å². The van der Waals surface area contributed by atoms with Crippen molar-refractivity contribution >= 4 is 17.6 Å². The zero-order valence-electron chi connectivity index (χ0n) is 13.2. The molecule has 118 valence electrons. The van der Waals surface area contributed by atoms with Gasteiger partial charge in [-0.3, -0.25) is 9.59 Å². The molecule has 1 atom stereocenters. The molecule has 0 saturated carbocycles. The van der Waals surface area contributed by atoms with Gasteiger partial charge in [0.2, 0.25) is 0 Å². The van der Waals surface area contributed by atoms with E-state index in [2.05, 4.69) is 25.2 Å². The fourth-order valence-corrected chi connectivity index (χ4v) is 2.56. The van der Waals surface area contributed by atoms with Crippen LogP contribution in [0.2, 0.25) is 0 Å². The first-order chi connectivity index (χ1) is 10.6. The first-order valence-electron chi connectivity index (χ1n) is 7.78. The van der Waals surface area contributed by atoms with E-state index in [1.807, 2.05) is 30.3 Å². The predicted molar refractivity (Wildman–Crippen MR) is 86.6 cm³/mol. The molecule has 1 N–H and O–H groups in total. The van der Waals surface area contributed by atoms with Crippen molar-refractivity contribution < 1.29 is 14.3 Å². The van der Waals surface area contributed by atoms with E-state index in [1.165, 1.54) is 0 Å². The van der Waals surface area contributed by atoms with Crippen molar-refractivity contribution in [2.75, 3.05) is 11.9 Å². The number of esters is 1. The highest BCUT2D eigenvalue weighted by Gasteiger charge is 2.21. The lowest BCUT2D eigenvalue weighted by molar-refractivity contribution is -0.151. The normalized spacial score (nSPS) is 17.3. The number of rotatable bonds is 5. The Morgan fingerprint density at radius 2 is 2.05 bits per heavy atom. The summed E-state index contributed by atoms with van der Waals surface area (Å²) >= 11 is 0. The number of amides is 1. The summed E-state index contributed by atoms with van der Waals surface area (Å²) in [7, 11) is 0. The van der Waals surface area contributed by atoms with Crippen molar-refractivity contribution in [3.63, 3.8) is 0 Å². The first kappa shape index (κ1) is 16.3. The summed E-state index contributed by atoms with van der Waals surface area (Å²) in [5, 5.41) is 2.82. The van der Waals surface area contributed by atoms with Crippen LogP contribution in [0.25, 0.3) is 0 Å². The SMILES string of the molecule is CC(C)c1ccccc1NC(=O)COC(=O)[C@@H]1CC=CCC1. The predicted octanol–water partition coefficient (Wildman–Crippen LogP) is 3.65. The molecule has 0 unspecified atom stereocenters. The molecule has 4 nitrogen and oxygen atoms in total. The van der Waals surface area contributed by atoms with Gasteiger partial charge in [0.1, 0.15) is 0 Å². The molecule has 22 heavy (non-hydrogen) atoms. The molecule has 1 amide bonds. The van der Waals surface area contributed by atoms with E-state index in [-0.39, 0.29) is 24.4 Å². The number of hydrogen-bond acceptors (Lipinski definition) is 3. The summed E-state index contributed by atoms with van der Waals surface area (Å²) < 4.78 is 5.13. The lowest BCUT2D eigenvalue weighted by Crippen LogP contribution is -2.25. The zero-order valence-corrected chi connectivity index (χ0v) is 13.2. The third kappa shape index (κ3) is 4.45. The minimum Gasteiger partial charge on any atom is -0.455 e. The summed E-state index contributed by atoms with van der Waals surface area (Å²) in [5.41, 5.74) is 1.85. The summed E-state index contributed by atoms with van der Waals surface area (Å²) in [6, 6.07) is 7.67. The summed E-state index contributed by atoms with van der Waals surface area (Å²) in [4.78, 5) is 23.9. The third-order valence-corrected chi connectivity index (χ3v) is 3.80. The molecule has 0 saturated heterocycles. The largest absolute Gasteiger partial charge is 0.455 e. The highest BCUT2D eigenvalue weighted by molar-refractivity contribution is 5.93. The molecule has 0 aliphatic heterocycles. The van der Waals surface area contributed by atoms with Gasteiger partial charge in [-0.05, 0) is 36.8 Å². The van der Waals surface area contributed by atoms with Crippen LogP contribution in [0.5, 0.6) is 0 Å². The van der Waals surface area contributed by atoms with Crippen LogP contribution in [0.4, 0.5) is 5.69 Å². The average Bonchev–Trinajstić information content (AvgIpc) is 2.53. The number of hydrogen-bond donors (Lipinski definition) is 1. The first-order valence-corrected chi connectivity index (χ1v) is 7.78. The molecule has 1 aromatic carbocycles. The van der Waals surface area contributed by atoms with Gasteiger partial charge in [0.15, 0.2) is 6.61 Å².